The first kappa shape index (κ1) is 18.9. The summed E-state index contributed by atoms with van der Waals surface area (Å²) in [7, 11) is 0. The molecule has 0 aliphatic carbocycles. The van der Waals surface area contributed by atoms with Crippen molar-refractivity contribution in [2.24, 2.45) is 0 Å². The Hall–Kier alpha value is -2.41. The van der Waals surface area contributed by atoms with Crippen LogP contribution in [0.4, 0.5) is 14.9 Å². The second-order valence-corrected chi connectivity index (χ2v) is 6.41. The lowest BCUT2D eigenvalue weighted by atomic mass is 10.1. The molecule has 0 aliphatic rings. The van der Waals surface area contributed by atoms with E-state index < -0.39 is 6.03 Å². The van der Waals surface area contributed by atoms with Crippen LogP contribution in [0.3, 0.4) is 0 Å². The normalized spacial score (nSPS) is 10.2. The topological polar surface area (TPSA) is 70.2 Å². The van der Waals surface area contributed by atoms with Crippen LogP contribution in [0.1, 0.15) is 11.1 Å². The average Bonchev–Trinajstić information content (AvgIpc) is 2.57. The van der Waals surface area contributed by atoms with Gasteiger partial charge in [0.25, 0.3) is 0 Å². The van der Waals surface area contributed by atoms with Gasteiger partial charge in [0.15, 0.2) is 0 Å². The van der Waals surface area contributed by atoms with E-state index in [0.717, 1.165) is 15.6 Å². The number of benzene rings is 2. The van der Waals surface area contributed by atoms with Gasteiger partial charge in [0.2, 0.25) is 5.91 Å². The van der Waals surface area contributed by atoms with E-state index in [1.165, 1.54) is 12.1 Å². The molecular formula is C18H19BrFN3O2. The van der Waals surface area contributed by atoms with E-state index in [2.05, 4.69) is 31.9 Å². The lowest BCUT2D eigenvalue weighted by Gasteiger charge is -2.10. The van der Waals surface area contributed by atoms with E-state index >= 15 is 0 Å². The Labute approximate surface area is 154 Å². The van der Waals surface area contributed by atoms with Gasteiger partial charge >= 0.3 is 6.03 Å². The van der Waals surface area contributed by atoms with Crippen molar-refractivity contribution in [3.63, 3.8) is 0 Å². The third kappa shape index (κ3) is 6.54. The Kier molecular flexibility index (Phi) is 6.94. The molecule has 0 bridgehead atoms. The molecule has 2 aromatic rings. The molecule has 2 rings (SSSR count). The van der Waals surface area contributed by atoms with E-state index in [0.29, 0.717) is 18.7 Å². The highest BCUT2D eigenvalue weighted by molar-refractivity contribution is 9.10. The molecule has 2 aromatic carbocycles. The van der Waals surface area contributed by atoms with Crippen molar-refractivity contribution in [3.05, 3.63) is 63.9 Å². The molecule has 0 heterocycles. The van der Waals surface area contributed by atoms with Crippen molar-refractivity contribution in [2.45, 2.75) is 13.3 Å². The smallest absolute Gasteiger partial charge is 0.315 e. The Morgan fingerprint density at radius 1 is 1.08 bits per heavy atom. The zero-order chi connectivity index (χ0) is 18.2. The van der Waals surface area contributed by atoms with Crippen LogP contribution >= 0.6 is 15.9 Å². The van der Waals surface area contributed by atoms with E-state index in [1.807, 2.05) is 19.1 Å². The van der Waals surface area contributed by atoms with Crippen LogP contribution in [0.25, 0.3) is 0 Å². The van der Waals surface area contributed by atoms with Gasteiger partial charge in [0.1, 0.15) is 5.82 Å². The molecule has 25 heavy (non-hydrogen) atoms. The number of carbonyl (C=O) groups excluding carboxylic acids is 2. The minimum Gasteiger partial charge on any atom is -0.338 e. The first-order valence-electron chi connectivity index (χ1n) is 7.76. The molecule has 0 radical (unpaired) electrons. The molecule has 3 N–H and O–H groups in total. The summed E-state index contributed by atoms with van der Waals surface area (Å²) in [5.41, 5.74) is 2.54. The fraction of sp³-hybridized carbons (Fsp3) is 0.222. The Balaban J connectivity index is 1.68. The monoisotopic (exact) mass is 407 g/mol. The lowest BCUT2D eigenvalue weighted by Crippen LogP contribution is -2.40. The van der Waals surface area contributed by atoms with Crippen molar-refractivity contribution in [3.8, 4) is 0 Å². The van der Waals surface area contributed by atoms with Crippen LogP contribution < -0.4 is 16.0 Å². The van der Waals surface area contributed by atoms with Gasteiger partial charge in [-0.1, -0.05) is 28.1 Å². The largest absolute Gasteiger partial charge is 0.338 e. The number of anilines is 1. The minimum absolute atomic E-state index is 0.127. The molecule has 0 saturated heterocycles. The van der Waals surface area contributed by atoms with Crippen LogP contribution in [0.5, 0.6) is 0 Å². The standard InChI is InChI=1S/C18H19BrFN3O2/c1-12-10-14(19)4-7-16(12)23-17(24)11-22-18(25)21-9-8-13-2-5-15(20)6-3-13/h2-7,10H,8-9,11H2,1H3,(H,23,24)(H2,21,22,25). The number of hydrogen-bond donors (Lipinski definition) is 3. The van der Waals surface area contributed by atoms with Crippen molar-refractivity contribution in [1.82, 2.24) is 10.6 Å². The number of amides is 3. The number of rotatable bonds is 6. The first-order chi connectivity index (χ1) is 11.9. The fourth-order valence-electron chi connectivity index (χ4n) is 2.16. The van der Waals surface area contributed by atoms with E-state index in [4.69, 9.17) is 0 Å². The van der Waals surface area contributed by atoms with Gasteiger partial charge in [-0.25, -0.2) is 9.18 Å². The summed E-state index contributed by atoms with van der Waals surface area (Å²) in [4.78, 5) is 23.6. The molecule has 0 saturated carbocycles. The third-order valence-corrected chi connectivity index (χ3v) is 3.98. The lowest BCUT2D eigenvalue weighted by molar-refractivity contribution is -0.115. The minimum atomic E-state index is -0.426. The summed E-state index contributed by atoms with van der Waals surface area (Å²) in [6.45, 7) is 2.15. The molecule has 0 spiro atoms. The highest BCUT2D eigenvalue weighted by atomic mass is 79.9. The maximum absolute atomic E-state index is 12.8. The highest BCUT2D eigenvalue weighted by Gasteiger charge is 2.07. The number of hydrogen-bond acceptors (Lipinski definition) is 2. The predicted molar refractivity (Wildman–Crippen MR) is 99.0 cm³/mol. The van der Waals surface area contributed by atoms with Crippen molar-refractivity contribution >= 4 is 33.6 Å². The molecule has 0 fully saturated rings. The quantitative estimate of drug-likeness (QED) is 0.686. The van der Waals surface area contributed by atoms with Crippen LogP contribution in [0.2, 0.25) is 0 Å². The molecule has 3 amide bonds. The van der Waals surface area contributed by atoms with Gasteiger partial charge in [-0.2, -0.15) is 0 Å². The molecule has 0 aromatic heterocycles. The Morgan fingerprint density at radius 3 is 2.48 bits per heavy atom. The molecule has 0 aliphatic heterocycles. The number of urea groups is 1. The van der Waals surface area contributed by atoms with Gasteiger partial charge in [0.05, 0.1) is 6.54 Å². The van der Waals surface area contributed by atoms with Gasteiger partial charge < -0.3 is 16.0 Å². The number of aryl methyl sites for hydroxylation is 1. The number of halogens is 2. The van der Waals surface area contributed by atoms with E-state index in [1.54, 1.807) is 18.2 Å². The van der Waals surface area contributed by atoms with Gasteiger partial charge in [0, 0.05) is 16.7 Å². The van der Waals surface area contributed by atoms with Gasteiger partial charge in [-0.3, -0.25) is 4.79 Å². The Morgan fingerprint density at radius 2 is 1.80 bits per heavy atom. The van der Waals surface area contributed by atoms with Crippen LogP contribution in [-0.4, -0.2) is 25.0 Å². The zero-order valence-electron chi connectivity index (χ0n) is 13.7. The van der Waals surface area contributed by atoms with Gasteiger partial charge in [-0.15, -0.1) is 0 Å². The third-order valence-electron chi connectivity index (χ3n) is 3.48. The second-order valence-electron chi connectivity index (χ2n) is 5.49. The van der Waals surface area contributed by atoms with Crippen molar-refractivity contribution < 1.29 is 14.0 Å². The summed E-state index contributed by atoms with van der Waals surface area (Å²) < 4.78 is 13.7. The van der Waals surface area contributed by atoms with Crippen LogP contribution in [0, 0.1) is 12.7 Å². The van der Waals surface area contributed by atoms with E-state index in [-0.39, 0.29) is 18.3 Å². The van der Waals surface area contributed by atoms with Crippen LogP contribution in [-0.2, 0) is 11.2 Å². The molecule has 7 heteroatoms. The molecular weight excluding hydrogens is 389 g/mol. The number of carbonyl (C=O) groups is 2. The summed E-state index contributed by atoms with van der Waals surface area (Å²) in [6.07, 6.45) is 0.581. The summed E-state index contributed by atoms with van der Waals surface area (Å²) in [6, 6.07) is 11.2. The predicted octanol–water partition coefficient (Wildman–Crippen LogP) is 3.38. The summed E-state index contributed by atoms with van der Waals surface area (Å²) in [5, 5.41) is 7.89. The fourth-order valence-corrected chi connectivity index (χ4v) is 2.63. The molecule has 0 atom stereocenters. The number of nitrogens with one attached hydrogen (secondary N) is 3. The van der Waals surface area contributed by atoms with Crippen LogP contribution in [0.15, 0.2) is 46.9 Å². The van der Waals surface area contributed by atoms with Gasteiger partial charge in [-0.05, 0) is 54.8 Å². The molecule has 0 unspecified atom stereocenters. The van der Waals surface area contributed by atoms with Crippen molar-refractivity contribution in [2.75, 3.05) is 18.4 Å². The first-order valence-corrected chi connectivity index (χ1v) is 8.55. The second kappa shape index (κ2) is 9.17. The Bertz CT molecular complexity index is 750. The maximum Gasteiger partial charge on any atom is 0.315 e. The van der Waals surface area contributed by atoms with Crippen molar-refractivity contribution in [1.29, 1.82) is 0 Å². The molecule has 132 valence electrons. The maximum atomic E-state index is 12.8. The highest BCUT2D eigenvalue weighted by Crippen LogP contribution is 2.19. The molecule has 5 nitrogen and oxygen atoms in total. The van der Waals surface area contributed by atoms with E-state index in [9.17, 15) is 14.0 Å². The summed E-state index contributed by atoms with van der Waals surface area (Å²) in [5.74, 6) is -0.597. The average molecular weight is 408 g/mol. The zero-order valence-corrected chi connectivity index (χ0v) is 15.3. The SMILES string of the molecule is Cc1cc(Br)ccc1NC(=O)CNC(=O)NCCc1ccc(F)cc1. The summed E-state index contributed by atoms with van der Waals surface area (Å²) >= 11 is 3.36.